The zero-order chi connectivity index (χ0) is 20.1. The van der Waals surface area contributed by atoms with Crippen LogP contribution in [0.2, 0.25) is 0 Å². The predicted octanol–water partition coefficient (Wildman–Crippen LogP) is 5.89. The van der Waals surface area contributed by atoms with Crippen molar-refractivity contribution in [3.05, 3.63) is 78.6 Å². The molecule has 1 atom stereocenters. The molecule has 29 heavy (non-hydrogen) atoms. The molecule has 1 heterocycles. The van der Waals surface area contributed by atoms with E-state index in [0.29, 0.717) is 18.3 Å². The van der Waals surface area contributed by atoms with Gasteiger partial charge in [0.05, 0.1) is 6.61 Å². The maximum absolute atomic E-state index is 5.75. The lowest BCUT2D eigenvalue weighted by molar-refractivity contribution is 0.122. The van der Waals surface area contributed by atoms with E-state index in [9.17, 15) is 0 Å². The van der Waals surface area contributed by atoms with Gasteiger partial charge in [-0.05, 0) is 23.3 Å². The molecular formula is C25H25N3O. The van der Waals surface area contributed by atoms with E-state index in [1.54, 1.807) is 0 Å². The molecule has 0 aliphatic carbocycles. The maximum atomic E-state index is 5.75. The van der Waals surface area contributed by atoms with Gasteiger partial charge in [-0.2, -0.15) is 0 Å². The molecule has 0 aliphatic heterocycles. The molecule has 0 fully saturated rings. The number of aromatic nitrogens is 3. The van der Waals surface area contributed by atoms with Gasteiger partial charge < -0.3 is 4.74 Å². The lowest BCUT2D eigenvalue weighted by atomic mass is 10.1. The van der Waals surface area contributed by atoms with Gasteiger partial charge in [-0.15, -0.1) is 0 Å². The molecule has 4 heteroatoms. The molecule has 0 saturated heterocycles. The summed E-state index contributed by atoms with van der Waals surface area (Å²) in [7, 11) is 0. The van der Waals surface area contributed by atoms with Crippen LogP contribution in [-0.4, -0.2) is 28.2 Å². The van der Waals surface area contributed by atoms with Gasteiger partial charge in [0.25, 0.3) is 0 Å². The van der Waals surface area contributed by atoms with Crippen LogP contribution in [0.4, 0.5) is 0 Å². The average molecular weight is 383 g/mol. The third-order valence-electron chi connectivity index (χ3n) is 4.85. The third kappa shape index (κ3) is 4.49. The number of hydrogen-bond donors (Lipinski definition) is 0. The van der Waals surface area contributed by atoms with Crippen LogP contribution in [0, 0.1) is 0 Å². The lowest BCUT2D eigenvalue weighted by Gasteiger charge is -2.13. The first-order chi connectivity index (χ1) is 14.2. The van der Waals surface area contributed by atoms with Crippen molar-refractivity contribution in [2.45, 2.75) is 26.2 Å². The number of rotatable bonds is 7. The first kappa shape index (κ1) is 19.2. The molecule has 146 valence electrons. The Morgan fingerprint density at radius 1 is 0.759 bits per heavy atom. The van der Waals surface area contributed by atoms with Gasteiger partial charge in [-0.3, -0.25) is 0 Å². The summed E-state index contributed by atoms with van der Waals surface area (Å²) in [4.78, 5) is 14.4. The van der Waals surface area contributed by atoms with Crippen LogP contribution in [0.15, 0.2) is 72.8 Å². The molecule has 0 radical (unpaired) electrons. The Kier molecular flexibility index (Phi) is 5.92. The van der Waals surface area contributed by atoms with Gasteiger partial charge in [-0.25, -0.2) is 15.0 Å². The largest absolute Gasteiger partial charge is 0.381 e. The highest BCUT2D eigenvalue weighted by Gasteiger charge is 2.15. The van der Waals surface area contributed by atoms with Crippen LogP contribution in [-0.2, 0) is 4.74 Å². The summed E-state index contributed by atoms with van der Waals surface area (Å²) in [6.07, 6.45) is 1.00. The van der Waals surface area contributed by atoms with E-state index < -0.39 is 0 Å². The summed E-state index contributed by atoms with van der Waals surface area (Å²) in [6, 6.07) is 24.7. The molecule has 0 aliphatic rings. The zero-order valence-corrected chi connectivity index (χ0v) is 16.9. The molecule has 0 unspecified atom stereocenters. The fourth-order valence-corrected chi connectivity index (χ4v) is 3.27. The monoisotopic (exact) mass is 383 g/mol. The van der Waals surface area contributed by atoms with Crippen molar-refractivity contribution in [1.82, 2.24) is 15.0 Å². The summed E-state index contributed by atoms with van der Waals surface area (Å²) in [5.41, 5.74) is 1.98. The summed E-state index contributed by atoms with van der Waals surface area (Å²) in [6.45, 7) is 5.56. The Balaban J connectivity index is 1.78. The Bertz CT molecular complexity index is 1100. The van der Waals surface area contributed by atoms with Crippen LogP contribution in [0.1, 0.15) is 32.0 Å². The second-order valence-electron chi connectivity index (χ2n) is 7.24. The quantitative estimate of drug-likeness (QED) is 0.373. The number of ether oxygens (including phenoxy) is 1. The van der Waals surface area contributed by atoms with Gasteiger partial charge in [0.2, 0.25) is 0 Å². The topological polar surface area (TPSA) is 47.9 Å². The van der Waals surface area contributed by atoms with Crippen molar-refractivity contribution in [1.29, 1.82) is 0 Å². The lowest BCUT2D eigenvalue weighted by Crippen LogP contribution is -2.11. The third-order valence-corrected chi connectivity index (χ3v) is 4.85. The normalized spacial score (nSPS) is 12.2. The SMILES string of the molecule is CCCOC[C@@H](C)c1nc(-c2ccccc2)nc(-c2ccc3ccccc3c2)n1. The first-order valence-corrected chi connectivity index (χ1v) is 10.1. The van der Waals surface area contributed by atoms with E-state index >= 15 is 0 Å². The van der Waals surface area contributed by atoms with Gasteiger partial charge in [0.1, 0.15) is 5.82 Å². The van der Waals surface area contributed by atoms with Gasteiger partial charge in [0, 0.05) is 23.7 Å². The fraction of sp³-hybridized carbons (Fsp3) is 0.240. The van der Waals surface area contributed by atoms with Crippen molar-refractivity contribution in [2.24, 2.45) is 0 Å². The zero-order valence-electron chi connectivity index (χ0n) is 16.9. The van der Waals surface area contributed by atoms with Crippen LogP contribution in [0.3, 0.4) is 0 Å². The van der Waals surface area contributed by atoms with Crippen LogP contribution >= 0.6 is 0 Å². The number of fused-ring (bicyclic) bond motifs is 1. The second-order valence-corrected chi connectivity index (χ2v) is 7.24. The van der Waals surface area contributed by atoms with E-state index in [0.717, 1.165) is 30.0 Å². The predicted molar refractivity (Wildman–Crippen MR) is 118 cm³/mol. The van der Waals surface area contributed by atoms with Crippen LogP contribution in [0.25, 0.3) is 33.5 Å². The van der Waals surface area contributed by atoms with E-state index in [4.69, 9.17) is 19.7 Å². The Hall–Kier alpha value is -3.11. The van der Waals surface area contributed by atoms with Crippen molar-refractivity contribution >= 4 is 10.8 Å². The average Bonchev–Trinajstić information content (AvgIpc) is 2.79. The van der Waals surface area contributed by atoms with Crippen LogP contribution < -0.4 is 0 Å². The minimum Gasteiger partial charge on any atom is -0.381 e. The smallest absolute Gasteiger partial charge is 0.163 e. The Labute approximate surface area is 171 Å². The number of benzene rings is 3. The Morgan fingerprint density at radius 3 is 2.21 bits per heavy atom. The molecule has 1 aromatic heterocycles. The minimum atomic E-state index is 0.0891. The maximum Gasteiger partial charge on any atom is 0.163 e. The molecule has 0 bridgehead atoms. The molecule has 0 saturated carbocycles. The van der Waals surface area contributed by atoms with Gasteiger partial charge in [0.15, 0.2) is 11.6 Å². The molecule has 0 amide bonds. The molecule has 0 spiro atoms. The molecule has 0 N–H and O–H groups in total. The van der Waals surface area contributed by atoms with Gasteiger partial charge >= 0.3 is 0 Å². The van der Waals surface area contributed by atoms with E-state index in [2.05, 4.69) is 50.2 Å². The van der Waals surface area contributed by atoms with Gasteiger partial charge in [-0.1, -0.05) is 80.6 Å². The first-order valence-electron chi connectivity index (χ1n) is 10.1. The minimum absolute atomic E-state index is 0.0891. The molecular weight excluding hydrogens is 358 g/mol. The Morgan fingerprint density at radius 2 is 1.45 bits per heavy atom. The van der Waals surface area contributed by atoms with Crippen LogP contribution in [0.5, 0.6) is 0 Å². The van der Waals surface area contributed by atoms with Crippen molar-refractivity contribution in [3.8, 4) is 22.8 Å². The number of hydrogen-bond acceptors (Lipinski definition) is 4. The summed E-state index contributed by atoms with van der Waals surface area (Å²) < 4.78 is 5.75. The van der Waals surface area contributed by atoms with E-state index in [1.165, 1.54) is 10.8 Å². The fourth-order valence-electron chi connectivity index (χ4n) is 3.27. The number of nitrogens with zero attached hydrogens (tertiary/aromatic N) is 3. The summed E-state index contributed by atoms with van der Waals surface area (Å²) in [5.74, 6) is 2.24. The highest BCUT2D eigenvalue weighted by molar-refractivity contribution is 5.86. The highest BCUT2D eigenvalue weighted by atomic mass is 16.5. The summed E-state index contributed by atoms with van der Waals surface area (Å²) >= 11 is 0. The standard InChI is InChI=1S/C25H25N3O/c1-3-15-29-17-18(2)23-26-24(20-10-5-4-6-11-20)28-25(27-23)22-14-13-19-9-7-8-12-21(19)16-22/h4-14,16,18H,3,15,17H2,1-2H3/t18-/m1/s1. The molecule has 4 nitrogen and oxygen atoms in total. The molecule has 3 aromatic carbocycles. The van der Waals surface area contributed by atoms with Crippen molar-refractivity contribution in [2.75, 3.05) is 13.2 Å². The molecule has 4 aromatic rings. The molecule has 4 rings (SSSR count). The second kappa shape index (κ2) is 8.93. The van der Waals surface area contributed by atoms with Crippen molar-refractivity contribution < 1.29 is 4.74 Å². The summed E-state index contributed by atoms with van der Waals surface area (Å²) in [5, 5.41) is 2.38. The van der Waals surface area contributed by atoms with E-state index in [1.807, 2.05) is 36.4 Å². The highest BCUT2D eigenvalue weighted by Crippen LogP contribution is 2.25. The van der Waals surface area contributed by atoms with Crippen molar-refractivity contribution in [3.63, 3.8) is 0 Å². The van der Waals surface area contributed by atoms with E-state index in [-0.39, 0.29) is 5.92 Å².